The van der Waals surface area contributed by atoms with E-state index in [1.807, 2.05) is 29.8 Å². The Bertz CT molecular complexity index is 1440. The third-order valence-electron chi connectivity index (χ3n) is 4.85. The molecular weight excluding hydrogens is 454 g/mol. The summed E-state index contributed by atoms with van der Waals surface area (Å²) in [5.74, 6) is -0.450. The van der Waals surface area contributed by atoms with E-state index in [0.29, 0.717) is 21.1 Å². The summed E-state index contributed by atoms with van der Waals surface area (Å²) in [6, 6.07) is 20.1. The lowest BCUT2D eigenvalue weighted by molar-refractivity contribution is 0.0998. The highest BCUT2D eigenvalue weighted by molar-refractivity contribution is 7.92. The average Bonchev–Trinajstić information content (AvgIpc) is 3.08. The van der Waals surface area contributed by atoms with Crippen LogP contribution in [0.15, 0.2) is 82.7 Å². The lowest BCUT2D eigenvalue weighted by Crippen LogP contribution is -2.26. The van der Waals surface area contributed by atoms with Crippen molar-refractivity contribution in [2.24, 2.45) is 12.0 Å². The zero-order valence-corrected chi connectivity index (χ0v) is 19.1. The first-order valence-corrected chi connectivity index (χ1v) is 11.9. The van der Waals surface area contributed by atoms with Crippen molar-refractivity contribution in [1.29, 1.82) is 0 Å². The zero-order chi connectivity index (χ0) is 22.2. The van der Waals surface area contributed by atoms with Gasteiger partial charge in [0.15, 0.2) is 4.80 Å². The molecule has 0 N–H and O–H groups in total. The first-order chi connectivity index (χ1) is 14.8. The van der Waals surface area contributed by atoms with Crippen molar-refractivity contribution in [3.05, 3.63) is 88.2 Å². The normalized spacial score (nSPS) is 12.3. The number of anilines is 1. The van der Waals surface area contributed by atoms with Gasteiger partial charge in [0, 0.05) is 24.7 Å². The van der Waals surface area contributed by atoms with E-state index < -0.39 is 15.9 Å². The number of fused-ring (bicyclic) bond motifs is 1. The standard InChI is InChI=1S/C22H18ClN3O3S2/c1-25-19-13-10-16(23)14-20(19)30-22(25)24-21(27)15-8-11-18(12-9-15)31(28,29)26(2)17-6-4-3-5-7-17/h3-14H,1-2H3. The van der Waals surface area contributed by atoms with Crippen molar-refractivity contribution in [2.45, 2.75) is 4.90 Å². The van der Waals surface area contributed by atoms with Crippen molar-refractivity contribution in [3.63, 3.8) is 0 Å². The Morgan fingerprint density at radius 1 is 1.03 bits per heavy atom. The number of hydrogen-bond donors (Lipinski definition) is 0. The number of halogens is 1. The molecule has 0 unspecified atom stereocenters. The van der Waals surface area contributed by atoms with Gasteiger partial charge in [-0.3, -0.25) is 9.10 Å². The summed E-state index contributed by atoms with van der Waals surface area (Å²) in [7, 11) is -0.424. The second kappa shape index (κ2) is 8.30. The molecule has 0 aliphatic heterocycles. The monoisotopic (exact) mass is 471 g/mol. The highest BCUT2D eigenvalue weighted by atomic mass is 35.5. The Morgan fingerprint density at radius 3 is 2.39 bits per heavy atom. The number of aromatic nitrogens is 1. The minimum absolute atomic E-state index is 0.0949. The molecule has 0 saturated carbocycles. The Kier molecular flexibility index (Phi) is 5.70. The van der Waals surface area contributed by atoms with Crippen LogP contribution < -0.4 is 9.11 Å². The summed E-state index contributed by atoms with van der Waals surface area (Å²) in [6.45, 7) is 0. The first kappa shape index (κ1) is 21.3. The average molecular weight is 472 g/mol. The van der Waals surface area contributed by atoms with Crippen LogP contribution in [0.1, 0.15) is 10.4 Å². The fraction of sp³-hybridized carbons (Fsp3) is 0.0909. The first-order valence-electron chi connectivity index (χ1n) is 9.25. The fourth-order valence-corrected chi connectivity index (χ4v) is 5.56. The molecular formula is C22H18ClN3O3S2. The lowest BCUT2D eigenvalue weighted by atomic mass is 10.2. The molecule has 3 aromatic carbocycles. The van der Waals surface area contributed by atoms with Gasteiger partial charge in [0.1, 0.15) is 0 Å². The summed E-state index contributed by atoms with van der Waals surface area (Å²) in [5, 5.41) is 0.615. The quantitative estimate of drug-likeness (QED) is 0.441. The van der Waals surface area contributed by atoms with E-state index in [0.717, 1.165) is 10.2 Å². The SMILES string of the molecule is CN(c1ccccc1)S(=O)(=O)c1ccc(C(=O)N=c2sc3cc(Cl)ccc3n2C)cc1. The maximum atomic E-state index is 12.9. The van der Waals surface area contributed by atoms with Crippen molar-refractivity contribution in [3.8, 4) is 0 Å². The van der Waals surface area contributed by atoms with Gasteiger partial charge in [0.05, 0.1) is 20.8 Å². The highest BCUT2D eigenvalue weighted by Crippen LogP contribution is 2.23. The molecule has 9 heteroatoms. The molecule has 1 aromatic heterocycles. The van der Waals surface area contributed by atoms with E-state index in [1.165, 1.54) is 47.0 Å². The number of hydrogen-bond acceptors (Lipinski definition) is 4. The topological polar surface area (TPSA) is 71.7 Å². The van der Waals surface area contributed by atoms with E-state index in [1.54, 1.807) is 30.3 Å². The molecule has 1 heterocycles. The van der Waals surface area contributed by atoms with Crippen LogP contribution in [0, 0.1) is 0 Å². The second-order valence-electron chi connectivity index (χ2n) is 6.81. The summed E-state index contributed by atoms with van der Waals surface area (Å²) >= 11 is 7.40. The van der Waals surface area contributed by atoms with Gasteiger partial charge < -0.3 is 4.57 Å². The number of thiazole rings is 1. The Hall–Kier alpha value is -2.94. The summed E-state index contributed by atoms with van der Waals surface area (Å²) in [4.78, 5) is 17.5. The van der Waals surface area contributed by atoms with Crippen molar-refractivity contribution >= 4 is 54.8 Å². The van der Waals surface area contributed by atoms with Gasteiger partial charge >= 0.3 is 0 Å². The summed E-state index contributed by atoms with van der Waals surface area (Å²) in [5.41, 5.74) is 1.78. The minimum atomic E-state index is -3.74. The van der Waals surface area contributed by atoms with E-state index >= 15 is 0 Å². The van der Waals surface area contributed by atoms with E-state index in [9.17, 15) is 13.2 Å². The van der Waals surface area contributed by atoms with Crippen LogP contribution >= 0.6 is 22.9 Å². The fourth-order valence-electron chi connectivity index (χ4n) is 3.07. The number of nitrogens with zero attached hydrogens (tertiary/aromatic N) is 3. The van der Waals surface area contributed by atoms with Gasteiger partial charge in [-0.2, -0.15) is 4.99 Å². The lowest BCUT2D eigenvalue weighted by Gasteiger charge is -2.19. The number of para-hydroxylation sites is 1. The molecule has 158 valence electrons. The minimum Gasteiger partial charge on any atom is -0.319 e. The zero-order valence-electron chi connectivity index (χ0n) is 16.7. The molecule has 6 nitrogen and oxygen atoms in total. The Labute approximate surface area is 188 Å². The highest BCUT2D eigenvalue weighted by Gasteiger charge is 2.21. The van der Waals surface area contributed by atoms with Gasteiger partial charge in [0.2, 0.25) is 0 Å². The molecule has 0 atom stereocenters. The van der Waals surface area contributed by atoms with Crippen LogP contribution in [-0.2, 0) is 17.1 Å². The predicted octanol–water partition coefficient (Wildman–Crippen LogP) is 4.46. The molecule has 0 bridgehead atoms. The molecule has 0 saturated heterocycles. The molecule has 4 aromatic rings. The van der Waals surface area contributed by atoms with Crippen LogP contribution in [0.3, 0.4) is 0 Å². The van der Waals surface area contributed by atoms with Crippen LogP contribution in [-0.4, -0.2) is 25.9 Å². The van der Waals surface area contributed by atoms with Crippen LogP contribution in [0.25, 0.3) is 10.2 Å². The van der Waals surface area contributed by atoms with Crippen molar-refractivity contribution in [1.82, 2.24) is 4.57 Å². The number of aryl methyl sites for hydroxylation is 1. The number of sulfonamides is 1. The van der Waals surface area contributed by atoms with Crippen molar-refractivity contribution < 1.29 is 13.2 Å². The van der Waals surface area contributed by atoms with Crippen LogP contribution in [0.2, 0.25) is 5.02 Å². The third kappa shape index (κ3) is 4.14. The van der Waals surface area contributed by atoms with Crippen LogP contribution in [0.4, 0.5) is 5.69 Å². The van der Waals surface area contributed by atoms with Crippen molar-refractivity contribution in [2.75, 3.05) is 11.4 Å². The maximum absolute atomic E-state index is 12.9. The smallest absolute Gasteiger partial charge is 0.279 e. The molecule has 0 spiro atoms. The van der Waals surface area contributed by atoms with Gasteiger partial charge in [-0.25, -0.2) is 8.42 Å². The van der Waals surface area contributed by atoms with E-state index in [2.05, 4.69) is 4.99 Å². The molecule has 0 fully saturated rings. The molecule has 0 radical (unpaired) electrons. The molecule has 31 heavy (non-hydrogen) atoms. The predicted molar refractivity (Wildman–Crippen MR) is 124 cm³/mol. The van der Waals surface area contributed by atoms with Gasteiger partial charge in [-0.05, 0) is 54.6 Å². The van der Waals surface area contributed by atoms with E-state index in [4.69, 9.17) is 11.6 Å². The Morgan fingerprint density at radius 2 is 1.71 bits per heavy atom. The second-order valence-corrected chi connectivity index (χ2v) is 10.2. The number of rotatable bonds is 4. The largest absolute Gasteiger partial charge is 0.319 e. The number of amides is 1. The molecule has 0 aliphatic carbocycles. The van der Waals surface area contributed by atoms with Gasteiger partial charge in [-0.15, -0.1) is 0 Å². The third-order valence-corrected chi connectivity index (χ3v) is 7.98. The maximum Gasteiger partial charge on any atom is 0.279 e. The van der Waals surface area contributed by atoms with Crippen LogP contribution in [0.5, 0.6) is 0 Å². The summed E-state index contributed by atoms with van der Waals surface area (Å²) in [6.07, 6.45) is 0. The van der Waals surface area contributed by atoms with E-state index in [-0.39, 0.29) is 4.90 Å². The van der Waals surface area contributed by atoms with Gasteiger partial charge in [0.25, 0.3) is 15.9 Å². The molecule has 0 aliphatic rings. The number of benzene rings is 3. The molecule has 1 amide bonds. The number of carbonyl (C=O) groups excluding carboxylic acids is 1. The summed E-state index contributed by atoms with van der Waals surface area (Å²) < 4.78 is 29.7. The Balaban J connectivity index is 1.63. The van der Waals surface area contributed by atoms with Gasteiger partial charge in [-0.1, -0.05) is 41.1 Å². The number of carbonyl (C=O) groups is 1. The molecule has 4 rings (SSSR count).